The van der Waals surface area contributed by atoms with Crippen molar-refractivity contribution in [3.63, 3.8) is 0 Å². The summed E-state index contributed by atoms with van der Waals surface area (Å²) in [5.74, 6) is 2.52. The van der Waals surface area contributed by atoms with Crippen LogP contribution in [0.3, 0.4) is 0 Å². The van der Waals surface area contributed by atoms with Crippen LogP contribution in [0.15, 0.2) is 0 Å². The summed E-state index contributed by atoms with van der Waals surface area (Å²) in [6, 6.07) is 0. The standard InChI is InChI=1S/C33H52O9/c1-16-7-10-33(39-15-16)17(2)26-23(42-33)12-22-20-6-5-18-11-19(40-30-29(38)28(37)27(36)24(14-34)41-30)8-9-31(18,3)21(20)13-25(35)32(22,26)4/h16-24,26-30,34,36-38H,5-15H2,1-4H3/t16-,17?,18+,19?,20?,21?,22?,23?,24-,26?,27+,28+,29-,30-,31+,32-,33?/m1/s1. The van der Waals surface area contributed by atoms with E-state index in [1.54, 1.807) is 0 Å². The summed E-state index contributed by atoms with van der Waals surface area (Å²) in [7, 11) is 0. The number of rotatable bonds is 3. The molecule has 0 aromatic carbocycles. The molecule has 7 aliphatic rings. The Morgan fingerprint density at radius 3 is 2.45 bits per heavy atom. The molecule has 3 saturated heterocycles. The van der Waals surface area contributed by atoms with Crippen molar-refractivity contribution < 1.29 is 44.2 Å². The van der Waals surface area contributed by atoms with Gasteiger partial charge in [0.05, 0.1) is 25.4 Å². The molecule has 17 atom stereocenters. The summed E-state index contributed by atoms with van der Waals surface area (Å²) in [6.07, 6.45) is 2.04. The smallest absolute Gasteiger partial charge is 0.186 e. The fourth-order valence-corrected chi connectivity index (χ4v) is 11.4. The van der Waals surface area contributed by atoms with Gasteiger partial charge in [-0.05, 0) is 80.0 Å². The summed E-state index contributed by atoms with van der Waals surface area (Å²) in [5.41, 5.74) is -0.309. The molecule has 0 amide bonds. The summed E-state index contributed by atoms with van der Waals surface area (Å²) in [6.45, 7) is 9.46. The molecule has 42 heavy (non-hydrogen) atoms. The van der Waals surface area contributed by atoms with Crippen LogP contribution in [-0.2, 0) is 23.7 Å². The van der Waals surface area contributed by atoms with Crippen LogP contribution in [0.25, 0.3) is 0 Å². The highest BCUT2D eigenvalue weighted by Crippen LogP contribution is 2.70. The van der Waals surface area contributed by atoms with Gasteiger partial charge in [0.25, 0.3) is 0 Å². The van der Waals surface area contributed by atoms with Crippen LogP contribution < -0.4 is 0 Å². The Morgan fingerprint density at radius 2 is 1.74 bits per heavy atom. The molecule has 4 saturated carbocycles. The molecule has 0 aromatic rings. The van der Waals surface area contributed by atoms with Gasteiger partial charge in [-0.15, -0.1) is 0 Å². The molecule has 3 heterocycles. The summed E-state index contributed by atoms with van der Waals surface area (Å²) in [4.78, 5) is 14.3. The number of aliphatic hydroxyl groups is 4. The lowest BCUT2D eigenvalue weighted by Gasteiger charge is -2.60. The highest BCUT2D eigenvalue weighted by molar-refractivity contribution is 5.87. The number of ketones is 1. The van der Waals surface area contributed by atoms with Gasteiger partial charge >= 0.3 is 0 Å². The molecule has 8 unspecified atom stereocenters. The SMILES string of the molecule is CC1C2C(CC3C4CC[C@H]5CC(O[C@@H]6O[C@H](CO)[C@H](O)[C@H](O)[C@H]6O)CC[C@]5(C)C4CC(=O)[C@@]32C)OC12CC[C@@H](C)CO2. The topological polar surface area (TPSA) is 135 Å². The van der Waals surface area contributed by atoms with Crippen LogP contribution >= 0.6 is 0 Å². The van der Waals surface area contributed by atoms with Gasteiger partial charge in [0.1, 0.15) is 30.2 Å². The van der Waals surface area contributed by atoms with Crippen LogP contribution in [0.5, 0.6) is 0 Å². The highest BCUT2D eigenvalue weighted by atomic mass is 16.7. The van der Waals surface area contributed by atoms with E-state index < -0.39 is 43.1 Å². The largest absolute Gasteiger partial charge is 0.394 e. The number of Topliss-reactive ketones (excluding diaryl/α,β-unsaturated/α-hetero) is 1. The van der Waals surface area contributed by atoms with Crippen molar-refractivity contribution >= 4 is 5.78 Å². The van der Waals surface area contributed by atoms with E-state index >= 15 is 0 Å². The third kappa shape index (κ3) is 4.20. The maximum atomic E-state index is 14.3. The van der Waals surface area contributed by atoms with Crippen molar-refractivity contribution in [1.82, 2.24) is 0 Å². The van der Waals surface area contributed by atoms with Crippen LogP contribution in [0.2, 0.25) is 0 Å². The lowest BCUT2D eigenvalue weighted by atomic mass is 9.44. The minimum absolute atomic E-state index is 0.0448. The zero-order valence-corrected chi connectivity index (χ0v) is 25.7. The molecule has 0 bridgehead atoms. The Labute approximate surface area is 249 Å². The second-order valence-corrected chi connectivity index (χ2v) is 15.8. The van der Waals surface area contributed by atoms with Crippen molar-refractivity contribution in [1.29, 1.82) is 0 Å². The van der Waals surface area contributed by atoms with Crippen molar-refractivity contribution in [3.05, 3.63) is 0 Å². The molecule has 3 aliphatic heterocycles. The van der Waals surface area contributed by atoms with E-state index in [1.165, 1.54) is 0 Å². The van der Waals surface area contributed by atoms with Gasteiger partial charge in [-0.1, -0.05) is 27.7 Å². The molecule has 0 aromatic heterocycles. The van der Waals surface area contributed by atoms with Crippen molar-refractivity contribution in [2.75, 3.05) is 13.2 Å². The highest BCUT2D eigenvalue weighted by Gasteiger charge is 2.71. The molecule has 238 valence electrons. The lowest BCUT2D eigenvalue weighted by molar-refractivity contribution is -0.316. The third-order valence-corrected chi connectivity index (χ3v) is 13.9. The Kier molecular flexibility index (Phi) is 7.47. The molecular formula is C33H52O9. The number of fused-ring (bicyclic) bond motifs is 7. The van der Waals surface area contributed by atoms with Crippen LogP contribution in [0.1, 0.15) is 85.5 Å². The quantitative estimate of drug-likeness (QED) is 0.365. The molecule has 1 spiro atoms. The number of ether oxygens (including phenoxy) is 4. The molecule has 4 aliphatic carbocycles. The van der Waals surface area contributed by atoms with E-state index in [-0.39, 0.29) is 34.9 Å². The first kappa shape index (κ1) is 30.0. The fraction of sp³-hybridized carbons (Fsp3) is 0.970. The van der Waals surface area contributed by atoms with Gasteiger partial charge in [-0.2, -0.15) is 0 Å². The molecule has 9 nitrogen and oxygen atoms in total. The summed E-state index contributed by atoms with van der Waals surface area (Å²) in [5, 5.41) is 40.4. The normalized spacial score (nSPS) is 59.2. The minimum Gasteiger partial charge on any atom is -0.394 e. The average molecular weight is 593 g/mol. The molecule has 7 fully saturated rings. The molecule has 9 heteroatoms. The van der Waals surface area contributed by atoms with Crippen molar-refractivity contribution in [3.8, 4) is 0 Å². The van der Waals surface area contributed by atoms with Gasteiger partial charge in [-0.3, -0.25) is 4.79 Å². The summed E-state index contributed by atoms with van der Waals surface area (Å²) >= 11 is 0. The monoisotopic (exact) mass is 592 g/mol. The van der Waals surface area contributed by atoms with Crippen molar-refractivity contribution in [2.24, 2.45) is 52.3 Å². The summed E-state index contributed by atoms with van der Waals surface area (Å²) < 4.78 is 25.1. The zero-order chi connectivity index (χ0) is 29.8. The first-order valence-electron chi connectivity index (χ1n) is 16.7. The van der Waals surface area contributed by atoms with Crippen LogP contribution in [-0.4, -0.2) is 88.1 Å². The Hall–Kier alpha value is -0.650. The lowest BCUT2D eigenvalue weighted by Crippen LogP contribution is -2.60. The van der Waals surface area contributed by atoms with E-state index in [0.29, 0.717) is 41.8 Å². The van der Waals surface area contributed by atoms with Gasteiger partial charge in [0.2, 0.25) is 0 Å². The van der Waals surface area contributed by atoms with Crippen LogP contribution in [0.4, 0.5) is 0 Å². The predicted octanol–water partition coefficient (Wildman–Crippen LogP) is 2.80. The number of hydrogen-bond donors (Lipinski definition) is 4. The first-order chi connectivity index (χ1) is 19.9. The van der Waals surface area contributed by atoms with E-state index in [0.717, 1.165) is 58.0 Å². The van der Waals surface area contributed by atoms with E-state index in [4.69, 9.17) is 18.9 Å². The van der Waals surface area contributed by atoms with Crippen LogP contribution in [0, 0.1) is 52.3 Å². The number of aliphatic hydroxyl groups excluding tert-OH is 4. The molecule has 7 rings (SSSR count). The number of hydrogen-bond acceptors (Lipinski definition) is 9. The predicted molar refractivity (Wildman–Crippen MR) is 151 cm³/mol. The Balaban J connectivity index is 1.05. The van der Waals surface area contributed by atoms with E-state index in [1.807, 2.05) is 0 Å². The molecule has 0 radical (unpaired) electrons. The minimum atomic E-state index is -1.44. The van der Waals surface area contributed by atoms with Gasteiger partial charge in [0.15, 0.2) is 12.1 Å². The maximum Gasteiger partial charge on any atom is 0.186 e. The van der Waals surface area contributed by atoms with Crippen molar-refractivity contribution in [2.45, 2.75) is 134 Å². The van der Waals surface area contributed by atoms with Gasteiger partial charge < -0.3 is 39.4 Å². The Morgan fingerprint density at radius 1 is 0.952 bits per heavy atom. The second-order valence-electron chi connectivity index (χ2n) is 15.8. The maximum absolute atomic E-state index is 14.3. The average Bonchev–Trinajstić information content (AvgIpc) is 3.42. The fourth-order valence-electron chi connectivity index (χ4n) is 11.4. The number of carbonyl (C=O) groups excluding carboxylic acids is 1. The molecular weight excluding hydrogens is 540 g/mol. The molecule has 4 N–H and O–H groups in total. The second kappa shape index (κ2) is 10.4. The zero-order valence-electron chi connectivity index (χ0n) is 25.7. The Bertz CT molecular complexity index is 1040. The number of carbonyl (C=O) groups is 1. The first-order valence-corrected chi connectivity index (χ1v) is 16.7. The van der Waals surface area contributed by atoms with E-state index in [9.17, 15) is 25.2 Å². The van der Waals surface area contributed by atoms with E-state index in [2.05, 4.69) is 27.7 Å². The third-order valence-electron chi connectivity index (χ3n) is 13.9. The van der Waals surface area contributed by atoms with Gasteiger partial charge in [0, 0.05) is 30.1 Å². The van der Waals surface area contributed by atoms with Gasteiger partial charge in [-0.25, -0.2) is 0 Å².